The molecule has 0 bridgehead atoms. The van der Waals surface area contributed by atoms with Crippen molar-refractivity contribution in [1.82, 2.24) is 0 Å². The second kappa shape index (κ2) is 8.15. The van der Waals surface area contributed by atoms with Gasteiger partial charge in [-0.2, -0.15) is 0 Å². The lowest BCUT2D eigenvalue weighted by Crippen LogP contribution is -2.09. The van der Waals surface area contributed by atoms with Crippen LogP contribution in [0.2, 0.25) is 0 Å². The molecule has 0 saturated carbocycles. The van der Waals surface area contributed by atoms with E-state index < -0.39 is 0 Å². The zero-order chi connectivity index (χ0) is 15.1. The lowest BCUT2D eigenvalue weighted by Gasteiger charge is -2.12. The van der Waals surface area contributed by atoms with Gasteiger partial charge in [0.25, 0.3) is 0 Å². The molecule has 0 aliphatic rings. The van der Waals surface area contributed by atoms with Crippen LogP contribution in [-0.4, -0.2) is 20.3 Å². The molecule has 0 amide bonds. The highest BCUT2D eigenvalue weighted by Gasteiger charge is 2.05. The number of ether oxygens (including phenoxy) is 3. The molecule has 0 heterocycles. The van der Waals surface area contributed by atoms with Gasteiger partial charge in [-0.25, -0.2) is 0 Å². The Labute approximate surface area is 137 Å². The summed E-state index contributed by atoms with van der Waals surface area (Å²) in [6.07, 6.45) is 0. The molecule has 0 fully saturated rings. The Morgan fingerprint density at radius 3 is 2.52 bits per heavy atom. The number of hydrogen-bond acceptors (Lipinski definition) is 3. The number of alkyl halides is 1. The van der Waals surface area contributed by atoms with Gasteiger partial charge in [0.1, 0.15) is 19.0 Å². The van der Waals surface area contributed by atoms with E-state index in [1.165, 1.54) is 0 Å². The normalized spacial score (nSPS) is 10.2. The highest BCUT2D eigenvalue weighted by atomic mass is 79.9. The van der Waals surface area contributed by atoms with Crippen molar-refractivity contribution >= 4 is 27.5 Å². The number of hydrogen-bond donors (Lipinski definition) is 0. The summed E-state index contributed by atoms with van der Waals surface area (Å²) in [6.45, 7) is 0.889. The number of benzene rings is 2. The van der Waals surface area contributed by atoms with Gasteiger partial charge in [0.05, 0.1) is 7.11 Å². The van der Waals surface area contributed by atoms with Crippen molar-refractivity contribution in [2.45, 2.75) is 5.88 Å². The van der Waals surface area contributed by atoms with Crippen LogP contribution >= 0.6 is 27.5 Å². The maximum atomic E-state index is 5.80. The fourth-order valence-electron chi connectivity index (χ4n) is 1.78. The summed E-state index contributed by atoms with van der Waals surface area (Å²) in [7, 11) is 1.61. The monoisotopic (exact) mass is 370 g/mol. The van der Waals surface area contributed by atoms with Gasteiger partial charge in [0.15, 0.2) is 11.5 Å². The molecule has 0 aliphatic carbocycles. The molecule has 5 heteroatoms. The average Bonchev–Trinajstić information content (AvgIpc) is 2.51. The highest BCUT2D eigenvalue weighted by molar-refractivity contribution is 9.10. The molecule has 0 saturated heterocycles. The van der Waals surface area contributed by atoms with Crippen LogP contribution in [0.1, 0.15) is 5.56 Å². The van der Waals surface area contributed by atoms with Crippen molar-refractivity contribution in [2.24, 2.45) is 0 Å². The van der Waals surface area contributed by atoms with E-state index in [1.807, 2.05) is 42.5 Å². The van der Waals surface area contributed by atoms with Crippen LogP contribution in [-0.2, 0) is 5.88 Å². The lowest BCUT2D eigenvalue weighted by molar-refractivity contribution is 0.211. The molecule has 0 aromatic heterocycles. The molecule has 0 unspecified atom stereocenters. The predicted octanol–water partition coefficient (Wildman–Crippen LogP) is 4.65. The quantitative estimate of drug-likeness (QED) is 0.523. The van der Waals surface area contributed by atoms with Gasteiger partial charge in [-0.1, -0.05) is 28.1 Å². The predicted molar refractivity (Wildman–Crippen MR) is 87.7 cm³/mol. The zero-order valence-electron chi connectivity index (χ0n) is 11.6. The van der Waals surface area contributed by atoms with Crippen LogP contribution < -0.4 is 14.2 Å². The molecule has 2 rings (SSSR count). The maximum absolute atomic E-state index is 5.80. The summed E-state index contributed by atoms with van der Waals surface area (Å²) < 4.78 is 17.6. The Hall–Kier alpha value is -1.39. The molecule has 0 spiro atoms. The minimum Gasteiger partial charge on any atom is -0.493 e. The first-order valence-corrected chi connectivity index (χ1v) is 7.79. The molecule has 112 valence electrons. The topological polar surface area (TPSA) is 27.7 Å². The summed E-state index contributed by atoms with van der Waals surface area (Å²) in [5, 5.41) is 0. The molecule has 0 radical (unpaired) electrons. The van der Waals surface area contributed by atoms with Gasteiger partial charge in [-0.3, -0.25) is 0 Å². The van der Waals surface area contributed by atoms with Crippen molar-refractivity contribution in [3.8, 4) is 17.2 Å². The lowest BCUT2D eigenvalue weighted by atomic mass is 10.2. The van der Waals surface area contributed by atoms with Gasteiger partial charge in [0, 0.05) is 10.4 Å². The van der Waals surface area contributed by atoms with E-state index in [0.717, 1.165) is 15.8 Å². The van der Waals surface area contributed by atoms with Crippen molar-refractivity contribution < 1.29 is 14.2 Å². The Morgan fingerprint density at radius 2 is 1.81 bits per heavy atom. The van der Waals surface area contributed by atoms with E-state index in [0.29, 0.717) is 30.6 Å². The van der Waals surface area contributed by atoms with Crippen LogP contribution in [0.5, 0.6) is 17.2 Å². The standard InChI is InChI=1S/C16H16BrClO3/c1-19-16-9-12(11-18)5-6-15(16)21-8-7-20-14-4-2-3-13(17)10-14/h2-6,9-10H,7-8,11H2,1H3. The second-order valence-electron chi connectivity index (χ2n) is 4.27. The third-order valence-electron chi connectivity index (χ3n) is 2.79. The summed E-state index contributed by atoms with van der Waals surface area (Å²) >= 11 is 9.20. The van der Waals surface area contributed by atoms with Crippen LogP contribution in [0.4, 0.5) is 0 Å². The van der Waals surface area contributed by atoms with Crippen molar-refractivity contribution in [2.75, 3.05) is 20.3 Å². The minimum atomic E-state index is 0.434. The van der Waals surface area contributed by atoms with Crippen molar-refractivity contribution in [3.63, 3.8) is 0 Å². The van der Waals surface area contributed by atoms with Crippen LogP contribution in [0.25, 0.3) is 0 Å². The zero-order valence-corrected chi connectivity index (χ0v) is 14.0. The SMILES string of the molecule is COc1cc(CCl)ccc1OCCOc1cccc(Br)c1. The fourth-order valence-corrected chi connectivity index (χ4v) is 2.33. The second-order valence-corrected chi connectivity index (χ2v) is 5.46. The highest BCUT2D eigenvalue weighted by Crippen LogP contribution is 2.28. The Kier molecular flexibility index (Phi) is 6.21. The van der Waals surface area contributed by atoms with Crippen LogP contribution in [0, 0.1) is 0 Å². The molecule has 2 aromatic rings. The molecular weight excluding hydrogens is 356 g/mol. The van der Waals surface area contributed by atoms with Crippen LogP contribution in [0.15, 0.2) is 46.9 Å². The summed E-state index contributed by atoms with van der Waals surface area (Å²) in [4.78, 5) is 0. The van der Waals surface area contributed by atoms with Gasteiger partial charge in [0.2, 0.25) is 0 Å². The molecule has 0 aliphatic heterocycles. The molecule has 21 heavy (non-hydrogen) atoms. The van der Waals surface area contributed by atoms with E-state index in [-0.39, 0.29) is 0 Å². The Morgan fingerprint density at radius 1 is 1.00 bits per heavy atom. The van der Waals surface area contributed by atoms with Gasteiger partial charge >= 0.3 is 0 Å². The minimum absolute atomic E-state index is 0.434. The van der Waals surface area contributed by atoms with Crippen molar-refractivity contribution in [3.05, 3.63) is 52.5 Å². The average molecular weight is 372 g/mol. The Balaban J connectivity index is 1.86. The smallest absolute Gasteiger partial charge is 0.161 e. The third kappa shape index (κ3) is 4.83. The summed E-state index contributed by atoms with van der Waals surface area (Å²) in [6, 6.07) is 13.3. The number of rotatable bonds is 7. The molecule has 2 aromatic carbocycles. The summed E-state index contributed by atoms with van der Waals surface area (Å²) in [5.41, 5.74) is 0.992. The van der Waals surface area contributed by atoms with E-state index in [2.05, 4.69) is 15.9 Å². The van der Waals surface area contributed by atoms with Gasteiger partial charge in [-0.15, -0.1) is 11.6 Å². The summed E-state index contributed by atoms with van der Waals surface area (Å²) in [5.74, 6) is 2.61. The largest absolute Gasteiger partial charge is 0.493 e. The van der Waals surface area contributed by atoms with E-state index >= 15 is 0 Å². The van der Waals surface area contributed by atoms with Gasteiger partial charge in [-0.05, 0) is 35.9 Å². The first kappa shape index (κ1) is 16.0. The Bertz CT molecular complexity index is 589. The van der Waals surface area contributed by atoms with Crippen LogP contribution in [0.3, 0.4) is 0 Å². The first-order valence-electron chi connectivity index (χ1n) is 6.47. The molecule has 0 atom stereocenters. The molecule has 0 N–H and O–H groups in total. The fraction of sp³-hybridized carbons (Fsp3) is 0.250. The molecule has 3 nitrogen and oxygen atoms in total. The van der Waals surface area contributed by atoms with Crippen molar-refractivity contribution in [1.29, 1.82) is 0 Å². The first-order chi connectivity index (χ1) is 10.2. The number of methoxy groups -OCH3 is 1. The molecular formula is C16H16BrClO3. The van der Waals surface area contributed by atoms with Gasteiger partial charge < -0.3 is 14.2 Å². The third-order valence-corrected chi connectivity index (χ3v) is 3.59. The van der Waals surface area contributed by atoms with E-state index in [4.69, 9.17) is 25.8 Å². The van der Waals surface area contributed by atoms with E-state index in [1.54, 1.807) is 7.11 Å². The maximum Gasteiger partial charge on any atom is 0.161 e. The van der Waals surface area contributed by atoms with E-state index in [9.17, 15) is 0 Å². The number of halogens is 2.